The molecular formula is C14H19FN2O2. The van der Waals surface area contributed by atoms with Crippen molar-refractivity contribution in [1.29, 1.82) is 0 Å². The predicted molar refractivity (Wildman–Crippen MR) is 71.3 cm³/mol. The second-order valence-electron chi connectivity index (χ2n) is 4.97. The van der Waals surface area contributed by atoms with E-state index in [1.165, 1.54) is 12.1 Å². The highest BCUT2D eigenvalue weighted by atomic mass is 19.1. The molecular weight excluding hydrogens is 247 g/mol. The van der Waals surface area contributed by atoms with Gasteiger partial charge in [-0.15, -0.1) is 0 Å². The van der Waals surface area contributed by atoms with Crippen LogP contribution in [-0.2, 0) is 4.74 Å². The van der Waals surface area contributed by atoms with Crippen molar-refractivity contribution in [2.75, 3.05) is 32.5 Å². The number of para-hydroxylation sites is 1. The minimum Gasteiger partial charge on any atom is -0.396 e. The molecule has 1 unspecified atom stereocenters. The molecule has 1 aromatic rings. The molecule has 1 amide bonds. The molecule has 0 bridgehead atoms. The van der Waals surface area contributed by atoms with Gasteiger partial charge in [0.2, 0.25) is 0 Å². The Balaban J connectivity index is 2.03. The molecule has 0 aliphatic carbocycles. The van der Waals surface area contributed by atoms with Crippen LogP contribution in [0.25, 0.3) is 0 Å². The molecule has 0 aromatic heterocycles. The summed E-state index contributed by atoms with van der Waals surface area (Å²) in [5.74, 6) is -0.458. The molecule has 2 N–H and O–H groups in total. The number of halogens is 1. The third kappa shape index (κ3) is 3.23. The maximum atomic E-state index is 13.3. The Kier molecular flexibility index (Phi) is 4.37. The van der Waals surface area contributed by atoms with E-state index >= 15 is 0 Å². The molecule has 0 radical (unpaired) electrons. The first-order valence-corrected chi connectivity index (χ1v) is 6.46. The Labute approximate surface area is 112 Å². The van der Waals surface area contributed by atoms with Crippen molar-refractivity contribution >= 4 is 11.6 Å². The third-order valence-electron chi connectivity index (χ3n) is 3.42. The van der Waals surface area contributed by atoms with Crippen LogP contribution in [0.2, 0.25) is 0 Å². The van der Waals surface area contributed by atoms with Crippen LogP contribution in [0.4, 0.5) is 10.1 Å². The largest absolute Gasteiger partial charge is 0.396 e. The van der Waals surface area contributed by atoms with Crippen LogP contribution in [0.1, 0.15) is 23.2 Å². The van der Waals surface area contributed by atoms with Crippen LogP contribution in [0.5, 0.6) is 0 Å². The van der Waals surface area contributed by atoms with Crippen molar-refractivity contribution < 1.29 is 13.9 Å². The van der Waals surface area contributed by atoms with Crippen molar-refractivity contribution in [3.05, 3.63) is 29.6 Å². The summed E-state index contributed by atoms with van der Waals surface area (Å²) >= 11 is 0. The van der Waals surface area contributed by atoms with E-state index in [1.54, 1.807) is 18.0 Å². The first-order chi connectivity index (χ1) is 9.09. The average Bonchev–Trinajstić information content (AvgIpc) is 2.42. The smallest absolute Gasteiger partial charge is 0.255 e. The minimum atomic E-state index is -0.555. The fourth-order valence-corrected chi connectivity index (χ4v) is 2.35. The summed E-state index contributed by atoms with van der Waals surface area (Å²) in [5, 5.41) is 0. The van der Waals surface area contributed by atoms with E-state index in [4.69, 9.17) is 10.5 Å². The summed E-state index contributed by atoms with van der Waals surface area (Å²) in [4.78, 5) is 13.8. The Morgan fingerprint density at radius 3 is 3.05 bits per heavy atom. The van der Waals surface area contributed by atoms with Crippen molar-refractivity contribution in [3.63, 3.8) is 0 Å². The molecule has 1 atom stereocenters. The average molecular weight is 266 g/mol. The third-order valence-corrected chi connectivity index (χ3v) is 3.42. The van der Waals surface area contributed by atoms with Gasteiger partial charge in [0.05, 0.1) is 17.9 Å². The number of benzene rings is 1. The van der Waals surface area contributed by atoms with Crippen LogP contribution in [-0.4, -0.2) is 37.6 Å². The number of ether oxygens (including phenoxy) is 1. The second kappa shape index (κ2) is 6.02. The van der Waals surface area contributed by atoms with Crippen molar-refractivity contribution in [3.8, 4) is 0 Å². The van der Waals surface area contributed by atoms with Crippen molar-refractivity contribution in [2.24, 2.45) is 5.92 Å². The highest BCUT2D eigenvalue weighted by molar-refractivity contribution is 5.99. The summed E-state index contributed by atoms with van der Waals surface area (Å²) in [6, 6.07) is 4.30. The SMILES string of the molecule is CN(CC1CCCOC1)C(=O)c1cccc(F)c1N. The Bertz CT molecular complexity index is 459. The van der Waals surface area contributed by atoms with Gasteiger partial charge in [0.1, 0.15) is 5.82 Å². The number of rotatable bonds is 3. The highest BCUT2D eigenvalue weighted by Gasteiger charge is 2.21. The number of nitrogens with two attached hydrogens (primary N) is 1. The van der Waals surface area contributed by atoms with Crippen LogP contribution >= 0.6 is 0 Å². The van der Waals surface area contributed by atoms with Gasteiger partial charge in [0, 0.05) is 20.2 Å². The van der Waals surface area contributed by atoms with E-state index in [0.717, 1.165) is 19.4 Å². The predicted octanol–water partition coefficient (Wildman–Crippen LogP) is 1.91. The van der Waals surface area contributed by atoms with Crippen LogP contribution in [0, 0.1) is 11.7 Å². The van der Waals surface area contributed by atoms with Gasteiger partial charge in [-0.2, -0.15) is 0 Å². The van der Waals surface area contributed by atoms with E-state index in [-0.39, 0.29) is 17.2 Å². The minimum absolute atomic E-state index is 0.0840. The molecule has 0 spiro atoms. The lowest BCUT2D eigenvalue weighted by Gasteiger charge is -2.27. The normalized spacial score (nSPS) is 19.2. The summed E-state index contributed by atoms with van der Waals surface area (Å²) in [6.07, 6.45) is 2.07. The fourth-order valence-electron chi connectivity index (χ4n) is 2.35. The number of carbonyl (C=O) groups excluding carboxylic acids is 1. The zero-order valence-electron chi connectivity index (χ0n) is 11.1. The summed E-state index contributed by atoms with van der Waals surface area (Å²) in [7, 11) is 1.71. The second-order valence-corrected chi connectivity index (χ2v) is 4.97. The molecule has 0 saturated carbocycles. The maximum Gasteiger partial charge on any atom is 0.255 e. The molecule has 4 nitrogen and oxygen atoms in total. The Morgan fingerprint density at radius 1 is 1.58 bits per heavy atom. The summed E-state index contributed by atoms with van der Waals surface area (Å²) in [5.41, 5.74) is 5.74. The number of amides is 1. The molecule has 1 saturated heterocycles. The number of anilines is 1. The van der Waals surface area contributed by atoms with E-state index in [1.807, 2.05) is 0 Å². The van der Waals surface area contributed by atoms with Gasteiger partial charge >= 0.3 is 0 Å². The lowest BCUT2D eigenvalue weighted by Crippen LogP contribution is -2.35. The van der Waals surface area contributed by atoms with Gasteiger partial charge < -0.3 is 15.4 Å². The number of carbonyl (C=O) groups is 1. The monoisotopic (exact) mass is 266 g/mol. The Hall–Kier alpha value is -1.62. The van der Waals surface area contributed by atoms with Gasteiger partial charge in [-0.25, -0.2) is 4.39 Å². The highest BCUT2D eigenvalue weighted by Crippen LogP contribution is 2.19. The molecule has 1 aliphatic rings. The van der Waals surface area contributed by atoms with E-state index < -0.39 is 5.82 Å². The maximum absolute atomic E-state index is 13.3. The molecule has 1 aliphatic heterocycles. The lowest BCUT2D eigenvalue weighted by atomic mass is 10.0. The van der Waals surface area contributed by atoms with E-state index in [0.29, 0.717) is 19.1 Å². The van der Waals surface area contributed by atoms with Crippen LogP contribution in [0.3, 0.4) is 0 Å². The molecule has 1 fully saturated rings. The number of nitrogen functional groups attached to an aromatic ring is 1. The van der Waals surface area contributed by atoms with Gasteiger partial charge in [-0.05, 0) is 30.9 Å². The van der Waals surface area contributed by atoms with Crippen molar-refractivity contribution in [2.45, 2.75) is 12.8 Å². The summed E-state index contributed by atoms with van der Waals surface area (Å²) in [6.45, 7) is 2.08. The lowest BCUT2D eigenvalue weighted by molar-refractivity contribution is 0.0389. The zero-order valence-corrected chi connectivity index (χ0v) is 11.1. The molecule has 1 aromatic carbocycles. The standard InChI is InChI=1S/C14H19FN2O2/c1-17(8-10-4-3-7-19-9-10)14(18)11-5-2-6-12(15)13(11)16/h2,5-6,10H,3-4,7-9,16H2,1H3. The van der Waals surface area contributed by atoms with Crippen molar-refractivity contribution in [1.82, 2.24) is 4.90 Å². The topological polar surface area (TPSA) is 55.6 Å². The van der Waals surface area contributed by atoms with Gasteiger partial charge in [0.25, 0.3) is 5.91 Å². The summed E-state index contributed by atoms with van der Waals surface area (Å²) < 4.78 is 18.7. The number of hydrogen-bond donors (Lipinski definition) is 1. The quantitative estimate of drug-likeness (QED) is 0.850. The fraction of sp³-hybridized carbons (Fsp3) is 0.500. The van der Waals surface area contributed by atoms with Gasteiger partial charge in [-0.1, -0.05) is 6.07 Å². The van der Waals surface area contributed by atoms with Crippen LogP contribution < -0.4 is 5.73 Å². The Morgan fingerprint density at radius 2 is 2.37 bits per heavy atom. The zero-order chi connectivity index (χ0) is 13.8. The van der Waals surface area contributed by atoms with Crippen LogP contribution in [0.15, 0.2) is 18.2 Å². The molecule has 19 heavy (non-hydrogen) atoms. The number of nitrogens with zero attached hydrogens (tertiary/aromatic N) is 1. The van der Waals surface area contributed by atoms with Gasteiger partial charge in [-0.3, -0.25) is 4.79 Å². The van der Waals surface area contributed by atoms with E-state index in [2.05, 4.69) is 0 Å². The first kappa shape index (κ1) is 13.8. The number of hydrogen-bond acceptors (Lipinski definition) is 3. The van der Waals surface area contributed by atoms with Gasteiger partial charge in [0.15, 0.2) is 0 Å². The molecule has 2 rings (SSSR count). The van der Waals surface area contributed by atoms with E-state index in [9.17, 15) is 9.18 Å². The molecule has 5 heteroatoms. The molecule has 104 valence electrons. The first-order valence-electron chi connectivity index (χ1n) is 6.46. The molecule has 1 heterocycles.